The Morgan fingerprint density at radius 1 is 1.42 bits per heavy atom. The Bertz CT molecular complexity index is 419. The molecule has 1 aromatic carbocycles. The van der Waals surface area contributed by atoms with Gasteiger partial charge in [0.2, 0.25) is 5.91 Å². The van der Waals surface area contributed by atoms with E-state index in [0.29, 0.717) is 19.4 Å². The summed E-state index contributed by atoms with van der Waals surface area (Å²) in [6.07, 6.45) is 3.22. The molecule has 0 N–H and O–H groups in total. The number of likely N-dealkylation sites (tertiary alicyclic amines) is 1. The van der Waals surface area contributed by atoms with Crippen molar-refractivity contribution in [2.45, 2.75) is 31.7 Å². The van der Waals surface area contributed by atoms with Crippen molar-refractivity contribution in [3.8, 4) is 0 Å². The minimum Gasteiger partial charge on any atom is -0.383 e. The molecule has 1 unspecified atom stereocenters. The van der Waals surface area contributed by atoms with Gasteiger partial charge in [0, 0.05) is 20.1 Å². The number of rotatable bonds is 5. The van der Waals surface area contributed by atoms with Crippen molar-refractivity contribution in [2.75, 3.05) is 20.3 Å². The molecule has 1 heterocycles. The fourth-order valence-electron chi connectivity index (χ4n) is 2.58. The van der Waals surface area contributed by atoms with Gasteiger partial charge in [0.15, 0.2) is 0 Å². The first-order valence-electron chi connectivity index (χ1n) is 6.73. The van der Waals surface area contributed by atoms with Crippen LogP contribution in [0.25, 0.3) is 0 Å². The zero-order chi connectivity index (χ0) is 13.7. The zero-order valence-electron chi connectivity index (χ0n) is 11.3. The second kappa shape index (κ2) is 6.66. The van der Waals surface area contributed by atoms with Crippen molar-refractivity contribution >= 4 is 5.91 Å². The van der Waals surface area contributed by atoms with Gasteiger partial charge in [-0.3, -0.25) is 4.79 Å². The van der Waals surface area contributed by atoms with Gasteiger partial charge in [-0.05, 0) is 37.0 Å². The van der Waals surface area contributed by atoms with Crippen LogP contribution < -0.4 is 0 Å². The summed E-state index contributed by atoms with van der Waals surface area (Å²) in [5, 5.41) is 0. The molecule has 1 amide bonds. The molecule has 0 aromatic heterocycles. The van der Waals surface area contributed by atoms with Crippen LogP contribution in [-0.4, -0.2) is 37.1 Å². The van der Waals surface area contributed by atoms with Crippen molar-refractivity contribution in [3.63, 3.8) is 0 Å². The molecule has 4 heteroatoms. The largest absolute Gasteiger partial charge is 0.383 e. The number of halogens is 1. The molecule has 0 bridgehead atoms. The molecule has 0 aliphatic carbocycles. The summed E-state index contributed by atoms with van der Waals surface area (Å²) in [5.41, 5.74) is 0.997. The standard InChI is InChI=1S/C15H20FNO2/c1-19-11-14-3-2-10-17(14)15(18)9-6-12-4-7-13(16)8-5-12/h4-5,7-8,14H,2-3,6,9-11H2,1H3. The van der Waals surface area contributed by atoms with Crippen LogP contribution in [0.4, 0.5) is 4.39 Å². The molecule has 1 aromatic rings. The van der Waals surface area contributed by atoms with Gasteiger partial charge in [0.25, 0.3) is 0 Å². The molecule has 0 saturated carbocycles. The van der Waals surface area contributed by atoms with Crippen LogP contribution in [0, 0.1) is 5.82 Å². The van der Waals surface area contributed by atoms with Gasteiger partial charge in [0.1, 0.15) is 5.82 Å². The Labute approximate surface area is 113 Å². The molecule has 1 aliphatic heterocycles. The van der Waals surface area contributed by atoms with Gasteiger partial charge in [-0.15, -0.1) is 0 Å². The molecule has 1 aliphatic rings. The number of hydrogen-bond acceptors (Lipinski definition) is 2. The molecular formula is C15H20FNO2. The summed E-state index contributed by atoms with van der Waals surface area (Å²) in [5.74, 6) is -0.0707. The molecule has 1 atom stereocenters. The van der Waals surface area contributed by atoms with Crippen LogP contribution in [0.3, 0.4) is 0 Å². The van der Waals surface area contributed by atoms with Crippen molar-refractivity contribution in [3.05, 3.63) is 35.6 Å². The molecule has 0 spiro atoms. The monoisotopic (exact) mass is 265 g/mol. The van der Waals surface area contributed by atoms with Crippen LogP contribution in [0.15, 0.2) is 24.3 Å². The maximum atomic E-state index is 12.8. The van der Waals surface area contributed by atoms with Crippen LogP contribution in [0.2, 0.25) is 0 Å². The highest BCUT2D eigenvalue weighted by Gasteiger charge is 2.27. The summed E-state index contributed by atoms with van der Waals surface area (Å²) < 4.78 is 17.9. The number of benzene rings is 1. The van der Waals surface area contributed by atoms with Gasteiger partial charge in [-0.25, -0.2) is 4.39 Å². The minimum atomic E-state index is -0.241. The first kappa shape index (κ1) is 14.0. The number of nitrogens with zero attached hydrogens (tertiary/aromatic N) is 1. The molecule has 2 rings (SSSR count). The van der Waals surface area contributed by atoms with Gasteiger partial charge >= 0.3 is 0 Å². The van der Waals surface area contributed by atoms with E-state index in [1.54, 1.807) is 19.2 Å². The smallest absolute Gasteiger partial charge is 0.223 e. The normalized spacial score (nSPS) is 18.8. The predicted molar refractivity (Wildman–Crippen MR) is 71.3 cm³/mol. The molecule has 104 valence electrons. The summed E-state index contributed by atoms with van der Waals surface area (Å²) in [7, 11) is 1.67. The van der Waals surface area contributed by atoms with E-state index in [9.17, 15) is 9.18 Å². The summed E-state index contributed by atoms with van der Waals surface area (Å²) in [4.78, 5) is 14.1. The van der Waals surface area contributed by atoms with E-state index in [4.69, 9.17) is 4.74 Å². The van der Waals surface area contributed by atoms with E-state index in [1.165, 1.54) is 12.1 Å². The third-order valence-corrected chi connectivity index (χ3v) is 3.60. The minimum absolute atomic E-state index is 0.170. The number of hydrogen-bond donors (Lipinski definition) is 0. The lowest BCUT2D eigenvalue weighted by Gasteiger charge is -2.24. The number of methoxy groups -OCH3 is 1. The molecule has 3 nitrogen and oxygen atoms in total. The second-order valence-corrected chi connectivity index (χ2v) is 4.96. The SMILES string of the molecule is COCC1CCCN1C(=O)CCc1ccc(F)cc1. The van der Waals surface area contributed by atoms with Gasteiger partial charge in [-0.2, -0.15) is 0 Å². The van der Waals surface area contributed by atoms with Gasteiger partial charge in [-0.1, -0.05) is 12.1 Å². The Morgan fingerprint density at radius 2 is 2.16 bits per heavy atom. The number of aryl methyl sites for hydroxylation is 1. The first-order valence-corrected chi connectivity index (χ1v) is 6.73. The number of carbonyl (C=O) groups is 1. The average molecular weight is 265 g/mol. The second-order valence-electron chi connectivity index (χ2n) is 4.96. The van der Waals surface area contributed by atoms with Crippen molar-refractivity contribution in [1.29, 1.82) is 0 Å². The number of carbonyl (C=O) groups excluding carboxylic acids is 1. The predicted octanol–water partition coefficient (Wildman–Crippen LogP) is 2.40. The van der Waals surface area contributed by atoms with Crippen LogP contribution in [0.5, 0.6) is 0 Å². The van der Waals surface area contributed by atoms with Gasteiger partial charge in [0.05, 0.1) is 12.6 Å². The average Bonchev–Trinajstić information content (AvgIpc) is 2.86. The number of amides is 1. The van der Waals surface area contributed by atoms with Crippen LogP contribution in [0.1, 0.15) is 24.8 Å². The maximum absolute atomic E-state index is 12.8. The van der Waals surface area contributed by atoms with E-state index >= 15 is 0 Å². The van der Waals surface area contributed by atoms with Crippen molar-refractivity contribution < 1.29 is 13.9 Å². The van der Waals surface area contributed by atoms with Crippen molar-refractivity contribution in [2.24, 2.45) is 0 Å². The van der Waals surface area contributed by atoms with E-state index < -0.39 is 0 Å². The van der Waals surface area contributed by atoms with E-state index in [1.807, 2.05) is 4.90 Å². The Hall–Kier alpha value is -1.42. The highest BCUT2D eigenvalue weighted by Crippen LogP contribution is 2.19. The van der Waals surface area contributed by atoms with Crippen molar-refractivity contribution in [1.82, 2.24) is 4.90 Å². The lowest BCUT2D eigenvalue weighted by molar-refractivity contribution is -0.132. The third-order valence-electron chi connectivity index (χ3n) is 3.60. The molecule has 1 fully saturated rings. The maximum Gasteiger partial charge on any atom is 0.223 e. The summed E-state index contributed by atoms with van der Waals surface area (Å²) >= 11 is 0. The molecule has 0 radical (unpaired) electrons. The fourth-order valence-corrected chi connectivity index (χ4v) is 2.58. The molecule has 1 saturated heterocycles. The Balaban J connectivity index is 1.85. The third kappa shape index (κ3) is 3.77. The van der Waals surface area contributed by atoms with Crippen LogP contribution in [-0.2, 0) is 16.0 Å². The Kier molecular flexibility index (Phi) is 4.91. The van der Waals surface area contributed by atoms with Gasteiger partial charge < -0.3 is 9.64 Å². The highest BCUT2D eigenvalue weighted by atomic mass is 19.1. The van der Waals surface area contributed by atoms with Crippen LogP contribution >= 0.6 is 0 Å². The molecular weight excluding hydrogens is 245 g/mol. The quantitative estimate of drug-likeness (QED) is 0.818. The van der Waals surface area contributed by atoms with E-state index in [2.05, 4.69) is 0 Å². The van der Waals surface area contributed by atoms with E-state index in [0.717, 1.165) is 24.9 Å². The topological polar surface area (TPSA) is 29.5 Å². The zero-order valence-corrected chi connectivity index (χ0v) is 11.3. The van der Waals surface area contributed by atoms with E-state index in [-0.39, 0.29) is 17.8 Å². The first-order chi connectivity index (χ1) is 9.20. The fraction of sp³-hybridized carbons (Fsp3) is 0.533. The Morgan fingerprint density at radius 3 is 2.84 bits per heavy atom. The highest BCUT2D eigenvalue weighted by molar-refractivity contribution is 5.77. The summed E-state index contributed by atoms with van der Waals surface area (Å²) in [6, 6.07) is 6.57. The number of ether oxygens (including phenoxy) is 1. The lowest BCUT2D eigenvalue weighted by Crippen LogP contribution is -2.38. The lowest BCUT2D eigenvalue weighted by atomic mass is 10.1. The summed E-state index contributed by atoms with van der Waals surface area (Å²) in [6.45, 7) is 1.44. The molecule has 19 heavy (non-hydrogen) atoms.